The third-order valence-electron chi connectivity index (χ3n) is 3.75. The number of carbonyl (C=O) groups excluding carboxylic acids is 1. The van der Waals surface area contributed by atoms with Crippen LogP contribution in [0.2, 0.25) is 0 Å². The third kappa shape index (κ3) is 14.1. The van der Waals surface area contributed by atoms with Crippen molar-refractivity contribution in [1.29, 1.82) is 0 Å². The van der Waals surface area contributed by atoms with Crippen LogP contribution in [0.1, 0.15) is 91.9 Å². The van der Waals surface area contributed by atoms with Gasteiger partial charge >= 0.3 is 5.97 Å². The molecule has 0 heterocycles. The van der Waals surface area contributed by atoms with E-state index in [0.29, 0.717) is 13.0 Å². The lowest BCUT2D eigenvalue weighted by molar-refractivity contribution is -0.145. The van der Waals surface area contributed by atoms with Gasteiger partial charge in [0, 0.05) is 19.4 Å². The molecule has 126 valence electrons. The molecule has 0 spiro atoms. The van der Waals surface area contributed by atoms with Crippen molar-refractivity contribution in [3.8, 4) is 0 Å². The zero-order chi connectivity index (χ0) is 16.0. The van der Waals surface area contributed by atoms with Gasteiger partial charge in [-0.3, -0.25) is 4.79 Å². The molecular formula is C18H36O3. The average molecular weight is 300 g/mol. The Hall–Kier alpha value is -0.570. The lowest BCUT2D eigenvalue weighted by atomic mass is 10.1. The van der Waals surface area contributed by atoms with Crippen LogP contribution in [0.25, 0.3) is 0 Å². The summed E-state index contributed by atoms with van der Waals surface area (Å²) in [7, 11) is 0. The summed E-state index contributed by atoms with van der Waals surface area (Å²) in [4.78, 5) is 11.1. The second kappa shape index (κ2) is 13.1. The second-order valence-electron chi connectivity index (χ2n) is 6.41. The maximum absolute atomic E-state index is 11.1. The topological polar surface area (TPSA) is 35.5 Å². The summed E-state index contributed by atoms with van der Waals surface area (Å²) in [5.74, 6) is -0.131. The summed E-state index contributed by atoms with van der Waals surface area (Å²) in [5.41, 5.74) is -0.199. The molecule has 0 bridgehead atoms. The van der Waals surface area contributed by atoms with Crippen LogP contribution in [0.15, 0.2) is 0 Å². The lowest BCUT2D eigenvalue weighted by Gasteiger charge is -2.25. The minimum Gasteiger partial charge on any atom is -0.466 e. The summed E-state index contributed by atoms with van der Waals surface area (Å²) in [6.45, 7) is 9.46. The molecular weight excluding hydrogens is 264 g/mol. The molecule has 0 aliphatic rings. The van der Waals surface area contributed by atoms with Gasteiger partial charge < -0.3 is 9.47 Å². The lowest BCUT2D eigenvalue weighted by Crippen LogP contribution is -2.27. The molecule has 0 unspecified atom stereocenters. The molecule has 0 aromatic rings. The van der Waals surface area contributed by atoms with E-state index in [1.54, 1.807) is 0 Å². The van der Waals surface area contributed by atoms with Gasteiger partial charge in [-0.05, 0) is 20.3 Å². The van der Waals surface area contributed by atoms with Gasteiger partial charge in [0.2, 0.25) is 0 Å². The van der Waals surface area contributed by atoms with E-state index in [1.165, 1.54) is 44.9 Å². The smallest absolute Gasteiger partial charge is 0.305 e. The van der Waals surface area contributed by atoms with Gasteiger partial charge in [-0.2, -0.15) is 0 Å². The highest BCUT2D eigenvalue weighted by Gasteiger charge is 2.18. The summed E-state index contributed by atoms with van der Waals surface area (Å²) < 4.78 is 11.0. The maximum Gasteiger partial charge on any atom is 0.305 e. The first-order chi connectivity index (χ1) is 10.0. The van der Waals surface area contributed by atoms with Gasteiger partial charge in [0.05, 0.1) is 12.2 Å². The number of unbranched alkanes of at least 4 members (excludes halogenated alkanes) is 7. The highest BCUT2D eigenvalue weighted by Crippen LogP contribution is 2.16. The Kier molecular flexibility index (Phi) is 12.8. The summed E-state index contributed by atoms with van der Waals surface area (Å²) in [5, 5.41) is 0. The van der Waals surface area contributed by atoms with Gasteiger partial charge in [-0.1, -0.05) is 58.8 Å². The van der Waals surface area contributed by atoms with Crippen molar-refractivity contribution in [2.24, 2.45) is 0 Å². The van der Waals surface area contributed by atoms with Crippen LogP contribution in [-0.2, 0) is 14.3 Å². The maximum atomic E-state index is 11.1. The quantitative estimate of drug-likeness (QED) is 0.324. The molecule has 0 radical (unpaired) electrons. The number of hydrogen-bond donors (Lipinski definition) is 0. The van der Waals surface area contributed by atoms with Gasteiger partial charge in [0.25, 0.3) is 0 Å². The van der Waals surface area contributed by atoms with E-state index >= 15 is 0 Å². The predicted octanol–water partition coefficient (Wildman–Crippen LogP) is 5.27. The summed E-state index contributed by atoms with van der Waals surface area (Å²) in [6.07, 6.45) is 11.7. The number of esters is 1. The van der Waals surface area contributed by atoms with Gasteiger partial charge in [0.15, 0.2) is 0 Å². The van der Waals surface area contributed by atoms with Crippen LogP contribution in [0.5, 0.6) is 0 Å². The standard InChI is InChI=1S/C18H36O3/c1-5-7-8-9-10-11-12-13-15-21-18(3,4)14-16-20-17(19)6-2/h5-16H2,1-4H3. The molecule has 0 aliphatic carbocycles. The molecule has 0 aromatic carbocycles. The molecule has 21 heavy (non-hydrogen) atoms. The molecule has 3 heteroatoms. The Morgan fingerprint density at radius 1 is 0.857 bits per heavy atom. The van der Waals surface area contributed by atoms with E-state index in [4.69, 9.17) is 9.47 Å². The third-order valence-corrected chi connectivity index (χ3v) is 3.75. The summed E-state index contributed by atoms with van der Waals surface area (Å²) >= 11 is 0. The van der Waals surface area contributed by atoms with Crippen LogP contribution < -0.4 is 0 Å². The first kappa shape index (κ1) is 20.4. The highest BCUT2D eigenvalue weighted by molar-refractivity contribution is 5.68. The molecule has 0 fully saturated rings. The number of rotatable bonds is 14. The zero-order valence-electron chi connectivity index (χ0n) is 14.7. The molecule has 0 saturated carbocycles. The minimum absolute atomic E-state index is 0.131. The summed E-state index contributed by atoms with van der Waals surface area (Å²) in [6, 6.07) is 0. The Morgan fingerprint density at radius 3 is 2.00 bits per heavy atom. The fourth-order valence-corrected chi connectivity index (χ4v) is 2.17. The Morgan fingerprint density at radius 2 is 1.43 bits per heavy atom. The van der Waals surface area contributed by atoms with E-state index in [2.05, 4.69) is 20.8 Å². The Bertz CT molecular complexity index is 249. The van der Waals surface area contributed by atoms with Crippen LogP contribution in [0.4, 0.5) is 0 Å². The SMILES string of the molecule is CCCCCCCCCCOC(C)(C)CCOC(=O)CC. The number of hydrogen-bond acceptors (Lipinski definition) is 3. The second-order valence-corrected chi connectivity index (χ2v) is 6.41. The Labute approximate surface area is 131 Å². The van der Waals surface area contributed by atoms with Gasteiger partial charge in [-0.15, -0.1) is 0 Å². The molecule has 0 saturated heterocycles. The Balaban J connectivity index is 3.42. The number of ether oxygens (including phenoxy) is 2. The normalized spacial score (nSPS) is 11.6. The van der Waals surface area contributed by atoms with Crippen molar-refractivity contribution < 1.29 is 14.3 Å². The van der Waals surface area contributed by atoms with Crippen molar-refractivity contribution in [2.75, 3.05) is 13.2 Å². The van der Waals surface area contributed by atoms with Crippen LogP contribution in [-0.4, -0.2) is 24.8 Å². The molecule has 3 nitrogen and oxygen atoms in total. The van der Waals surface area contributed by atoms with Crippen molar-refractivity contribution in [3.63, 3.8) is 0 Å². The molecule has 0 aromatic heterocycles. The fraction of sp³-hybridized carbons (Fsp3) is 0.944. The molecule has 0 rings (SSSR count). The van der Waals surface area contributed by atoms with Crippen LogP contribution >= 0.6 is 0 Å². The molecule has 0 N–H and O–H groups in total. The van der Waals surface area contributed by atoms with Gasteiger partial charge in [0.1, 0.15) is 0 Å². The average Bonchev–Trinajstić information content (AvgIpc) is 2.45. The van der Waals surface area contributed by atoms with E-state index < -0.39 is 0 Å². The van der Waals surface area contributed by atoms with E-state index in [-0.39, 0.29) is 11.6 Å². The predicted molar refractivity (Wildman–Crippen MR) is 88.5 cm³/mol. The number of carbonyl (C=O) groups is 1. The van der Waals surface area contributed by atoms with Crippen molar-refractivity contribution in [1.82, 2.24) is 0 Å². The van der Waals surface area contributed by atoms with Crippen molar-refractivity contribution in [2.45, 2.75) is 97.5 Å². The zero-order valence-corrected chi connectivity index (χ0v) is 14.7. The van der Waals surface area contributed by atoms with Crippen LogP contribution in [0.3, 0.4) is 0 Å². The molecule has 0 aliphatic heterocycles. The monoisotopic (exact) mass is 300 g/mol. The van der Waals surface area contributed by atoms with Crippen molar-refractivity contribution in [3.05, 3.63) is 0 Å². The van der Waals surface area contributed by atoms with E-state index in [0.717, 1.165) is 19.4 Å². The molecule has 0 amide bonds. The first-order valence-electron chi connectivity index (χ1n) is 8.81. The minimum atomic E-state index is -0.199. The van der Waals surface area contributed by atoms with Gasteiger partial charge in [-0.25, -0.2) is 0 Å². The largest absolute Gasteiger partial charge is 0.466 e. The van der Waals surface area contributed by atoms with E-state index in [9.17, 15) is 4.79 Å². The van der Waals surface area contributed by atoms with E-state index in [1.807, 2.05) is 6.92 Å². The van der Waals surface area contributed by atoms with Crippen molar-refractivity contribution >= 4 is 5.97 Å². The fourth-order valence-electron chi connectivity index (χ4n) is 2.17. The highest BCUT2D eigenvalue weighted by atomic mass is 16.5. The molecule has 0 atom stereocenters. The first-order valence-corrected chi connectivity index (χ1v) is 8.81. The van der Waals surface area contributed by atoms with Crippen LogP contribution in [0, 0.1) is 0 Å².